The number of rotatable bonds is 2. The number of nitrogens with two attached hydrogens (primary N) is 1. The SMILES string of the molecule is CC1CCN(C(=O)Nc2cc(Cl)ccc2C(N)=NO)CC1. The van der Waals surface area contributed by atoms with E-state index in [4.69, 9.17) is 22.5 Å². The maximum Gasteiger partial charge on any atom is 0.321 e. The quantitative estimate of drug-likeness (QED) is 0.339. The van der Waals surface area contributed by atoms with Gasteiger partial charge in [-0.3, -0.25) is 0 Å². The van der Waals surface area contributed by atoms with E-state index in [1.807, 2.05) is 0 Å². The van der Waals surface area contributed by atoms with Gasteiger partial charge < -0.3 is 21.2 Å². The highest BCUT2D eigenvalue weighted by atomic mass is 35.5. The molecule has 0 aliphatic carbocycles. The monoisotopic (exact) mass is 310 g/mol. The van der Waals surface area contributed by atoms with E-state index >= 15 is 0 Å². The minimum atomic E-state index is -0.198. The van der Waals surface area contributed by atoms with Crippen molar-refractivity contribution >= 4 is 29.2 Å². The van der Waals surface area contributed by atoms with Gasteiger partial charge in [-0.25, -0.2) is 4.79 Å². The van der Waals surface area contributed by atoms with E-state index in [-0.39, 0.29) is 11.9 Å². The number of halogens is 1. The van der Waals surface area contributed by atoms with Crippen molar-refractivity contribution in [3.8, 4) is 0 Å². The third-order valence-electron chi connectivity index (χ3n) is 3.68. The van der Waals surface area contributed by atoms with Crippen LogP contribution in [-0.2, 0) is 0 Å². The lowest BCUT2D eigenvalue weighted by Crippen LogP contribution is -2.40. The Morgan fingerprint density at radius 2 is 2.14 bits per heavy atom. The van der Waals surface area contributed by atoms with Crippen LogP contribution in [0.15, 0.2) is 23.4 Å². The van der Waals surface area contributed by atoms with Gasteiger partial charge in [-0.1, -0.05) is 23.7 Å². The van der Waals surface area contributed by atoms with Gasteiger partial charge in [0, 0.05) is 23.7 Å². The predicted molar refractivity (Wildman–Crippen MR) is 83.0 cm³/mol. The van der Waals surface area contributed by atoms with Crippen molar-refractivity contribution in [3.63, 3.8) is 0 Å². The molecule has 1 heterocycles. The van der Waals surface area contributed by atoms with Crippen LogP contribution in [0.25, 0.3) is 0 Å². The van der Waals surface area contributed by atoms with Crippen molar-refractivity contribution in [2.45, 2.75) is 19.8 Å². The molecule has 6 nitrogen and oxygen atoms in total. The molecule has 1 aliphatic heterocycles. The maximum atomic E-state index is 12.3. The summed E-state index contributed by atoms with van der Waals surface area (Å²) in [4.78, 5) is 14.0. The molecule has 1 aromatic carbocycles. The second kappa shape index (κ2) is 6.67. The molecule has 0 aromatic heterocycles. The number of nitrogens with one attached hydrogen (secondary N) is 1. The zero-order valence-corrected chi connectivity index (χ0v) is 12.6. The average Bonchev–Trinajstić information content (AvgIpc) is 2.47. The molecule has 114 valence electrons. The number of hydrogen-bond donors (Lipinski definition) is 3. The molecule has 7 heteroatoms. The van der Waals surface area contributed by atoms with Gasteiger partial charge >= 0.3 is 6.03 Å². The summed E-state index contributed by atoms with van der Waals surface area (Å²) in [7, 11) is 0. The molecule has 0 radical (unpaired) electrons. The molecule has 21 heavy (non-hydrogen) atoms. The molecule has 1 aliphatic rings. The molecular weight excluding hydrogens is 292 g/mol. The number of benzene rings is 1. The number of urea groups is 1. The van der Waals surface area contributed by atoms with Crippen LogP contribution in [0.3, 0.4) is 0 Å². The molecule has 1 saturated heterocycles. The molecule has 0 spiro atoms. The van der Waals surface area contributed by atoms with Crippen molar-refractivity contribution in [3.05, 3.63) is 28.8 Å². The number of oxime groups is 1. The number of amides is 2. The second-order valence-electron chi connectivity index (χ2n) is 5.27. The summed E-state index contributed by atoms with van der Waals surface area (Å²) >= 11 is 5.94. The first-order valence-corrected chi connectivity index (χ1v) is 7.22. The largest absolute Gasteiger partial charge is 0.409 e. The molecule has 1 fully saturated rings. The Bertz CT molecular complexity index is 554. The Kier molecular flexibility index (Phi) is 4.90. The van der Waals surface area contributed by atoms with Crippen molar-refractivity contribution in [2.24, 2.45) is 16.8 Å². The zero-order valence-electron chi connectivity index (χ0n) is 11.8. The van der Waals surface area contributed by atoms with Gasteiger partial charge in [-0.05, 0) is 37.0 Å². The number of carbonyl (C=O) groups excluding carboxylic acids is 1. The van der Waals surface area contributed by atoms with Gasteiger partial charge in [0.25, 0.3) is 0 Å². The van der Waals surface area contributed by atoms with Crippen molar-refractivity contribution in [1.82, 2.24) is 4.90 Å². The Hall–Kier alpha value is -1.95. The highest BCUT2D eigenvalue weighted by molar-refractivity contribution is 6.31. The lowest BCUT2D eigenvalue weighted by molar-refractivity contribution is 0.186. The lowest BCUT2D eigenvalue weighted by atomic mass is 10.00. The highest BCUT2D eigenvalue weighted by Crippen LogP contribution is 2.23. The number of hydrogen-bond acceptors (Lipinski definition) is 3. The van der Waals surface area contributed by atoms with Crippen LogP contribution in [0.1, 0.15) is 25.3 Å². The van der Waals surface area contributed by atoms with Crippen LogP contribution in [0, 0.1) is 5.92 Å². The first-order chi connectivity index (χ1) is 10.0. The summed E-state index contributed by atoms with van der Waals surface area (Å²) in [5.74, 6) is 0.571. The van der Waals surface area contributed by atoms with Crippen LogP contribution >= 0.6 is 11.6 Å². The van der Waals surface area contributed by atoms with Gasteiger partial charge in [-0.15, -0.1) is 0 Å². The standard InChI is InChI=1S/C14H19ClN4O2/c1-9-4-6-19(7-5-9)14(20)17-12-8-10(15)2-3-11(12)13(16)18-21/h2-3,8-9,21H,4-7H2,1H3,(H2,16,18)(H,17,20). The maximum absolute atomic E-state index is 12.3. The summed E-state index contributed by atoms with van der Waals surface area (Å²) in [5.41, 5.74) is 6.47. The lowest BCUT2D eigenvalue weighted by Gasteiger charge is -2.30. The number of anilines is 1. The number of likely N-dealkylation sites (tertiary alicyclic amines) is 1. The van der Waals surface area contributed by atoms with Gasteiger partial charge in [0.1, 0.15) is 0 Å². The van der Waals surface area contributed by atoms with E-state index in [0.29, 0.717) is 22.2 Å². The number of piperidine rings is 1. The summed E-state index contributed by atoms with van der Waals surface area (Å²) in [6, 6.07) is 4.61. The second-order valence-corrected chi connectivity index (χ2v) is 5.71. The molecule has 4 N–H and O–H groups in total. The third-order valence-corrected chi connectivity index (χ3v) is 3.91. The van der Waals surface area contributed by atoms with E-state index < -0.39 is 0 Å². The van der Waals surface area contributed by atoms with Crippen LogP contribution < -0.4 is 11.1 Å². The molecule has 0 bridgehead atoms. The van der Waals surface area contributed by atoms with Gasteiger partial charge in [0.15, 0.2) is 5.84 Å². The zero-order chi connectivity index (χ0) is 15.4. The Morgan fingerprint density at radius 3 is 2.76 bits per heavy atom. The van der Waals surface area contributed by atoms with Crippen molar-refractivity contribution in [1.29, 1.82) is 0 Å². The molecule has 0 saturated carbocycles. The minimum absolute atomic E-state index is 0.0748. The molecular formula is C14H19ClN4O2. The number of nitrogens with zero attached hydrogens (tertiary/aromatic N) is 2. The summed E-state index contributed by atoms with van der Waals surface area (Å²) < 4.78 is 0. The average molecular weight is 311 g/mol. The molecule has 0 unspecified atom stereocenters. The fourth-order valence-electron chi connectivity index (χ4n) is 2.30. The smallest absolute Gasteiger partial charge is 0.321 e. The summed E-state index contributed by atoms with van der Waals surface area (Å²) in [6.07, 6.45) is 1.99. The van der Waals surface area contributed by atoms with Crippen LogP contribution in [0.5, 0.6) is 0 Å². The van der Waals surface area contributed by atoms with Crippen LogP contribution in [0.2, 0.25) is 5.02 Å². The minimum Gasteiger partial charge on any atom is -0.409 e. The van der Waals surface area contributed by atoms with E-state index in [1.54, 1.807) is 23.1 Å². The van der Waals surface area contributed by atoms with Crippen molar-refractivity contribution in [2.75, 3.05) is 18.4 Å². The number of amidine groups is 1. The normalized spacial score (nSPS) is 16.9. The molecule has 0 atom stereocenters. The fraction of sp³-hybridized carbons (Fsp3) is 0.429. The molecule has 1 aromatic rings. The van der Waals surface area contributed by atoms with Gasteiger partial charge in [0.2, 0.25) is 0 Å². The van der Waals surface area contributed by atoms with E-state index in [1.165, 1.54) is 0 Å². The first-order valence-electron chi connectivity index (χ1n) is 6.84. The van der Waals surface area contributed by atoms with E-state index in [9.17, 15) is 4.79 Å². The fourth-order valence-corrected chi connectivity index (χ4v) is 2.48. The first kappa shape index (κ1) is 15.4. The topological polar surface area (TPSA) is 91.0 Å². The van der Waals surface area contributed by atoms with Gasteiger partial charge in [0.05, 0.1) is 5.69 Å². The summed E-state index contributed by atoms with van der Waals surface area (Å²) in [6.45, 7) is 3.64. The Morgan fingerprint density at radius 1 is 1.48 bits per heavy atom. The third kappa shape index (κ3) is 3.78. The summed E-state index contributed by atoms with van der Waals surface area (Å²) in [5, 5.41) is 15.0. The Balaban J connectivity index is 2.15. The van der Waals surface area contributed by atoms with Gasteiger partial charge in [-0.2, -0.15) is 0 Å². The Labute approximate surface area is 128 Å². The van der Waals surface area contributed by atoms with Crippen LogP contribution in [0.4, 0.5) is 10.5 Å². The predicted octanol–water partition coefficient (Wildman–Crippen LogP) is 2.70. The molecule has 2 amide bonds. The van der Waals surface area contributed by atoms with E-state index in [0.717, 1.165) is 25.9 Å². The number of carbonyl (C=O) groups is 1. The van der Waals surface area contributed by atoms with Crippen LogP contribution in [-0.4, -0.2) is 35.1 Å². The van der Waals surface area contributed by atoms with E-state index in [2.05, 4.69) is 17.4 Å². The molecule has 2 rings (SSSR count). The van der Waals surface area contributed by atoms with Crippen molar-refractivity contribution < 1.29 is 10.0 Å². The highest BCUT2D eigenvalue weighted by Gasteiger charge is 2.21.